The van der Waals surface area contributed by atoms with Crippen LogP contribution in [0.5, 0.6) is 5.75 Å². The third-order valence-corrected chi connectivity index (χ3v) is 5.18. The molecule has 2 atom stereocenters. The van der Waals surface area contributed by atoms with Crippen molar-refractivity contribution in [3.05, 3.63) is 72.8 Å². The van der Waals surface area contributed by atoms with E-state index < -0.39 is 5.54 Å². The molecule has 0 N–H and O–H groups in total. The van der Waals surface area contributed by atoms with Gasteiger partial charge in [0.15, 0.2) is 0 Å². The lowest BCUT2D eigenvalue weighted by Crippen LogP contribution is -2.52. The van der Waals surface area contributed by atoms with E-state index in [9.17, 15) is 4.79 Å². The molecule has 4 nitrogen and oxygen atoms in total. The molecule has 1 aliphatic heterocycles. The number of benzene rings is 2. The van der Waals surface area contributed by atoms with Crippen LogP contribution in [0.1, 0.15) is 30.9 Å². The summed E-state index contributed by atoms with van der Waals surface area (Å²) in [5.41, 5.74) is 1.29. The Hall–Kier alpha value is -2.75. The fourth-order valence-corrected chi connectivity index (χ4v) is 4.05. The molecule has 0 unspecified atom stereocenters. The molecule has 2 aromatic carbocycles. The van der Waals surface area contributed by atoms with Gasteiger partial charge in [0.25, 0.3) is 0 Å². The lowest BCUT2D eigenvalue weighted by atomic mass is 9.91. The molecule has 1 fully saturated rings. The van der Waals surface area contributed by atoms with Gasteiger partial charge in [-0.3, -0.25) is 0 Å². The zero-order valence-electron chi connectivity index (χ0n) is 15.4. The Morgan fingerprint density at radius 3 is 2.54 bits per heavy atom. The van der Waals surface area contributed by atoms with Gasteiger partial charge in [0.05, 0.1) is 25.9 Å². The van der Waals surface area contributed by atoms with Gasteiger partial charge < -0.3 is 14.4 Å². The summed E-state index contributed by atoms with van der Waals surface area (Å²) in [4.78, 5) is 15.1. The van der Waals surface area contributed by atoms with Crippen molar-refractivity contribution in [3.63, 3.8) is 0 Å². The highest BCUT2D eigenvalue weighted by molar-refractivity contribution is 5.87. The molecule has 0 aliphatic carbocycles. The third-order valence-electron chi connectivity index (χ3n) is 5.18. The predicted molar refractivity (Wildman–Crippen MR) is 103 cm³/mol. The summed E-state index contributed by atoms with van der Waals surface area (Å²) in [6.07, 6.45) is 3.86. The van der Waals surface area contributed by atoms with Gasteiger partial charge in [-0.1, -0.05) is 48.5 Å². The maximum absolute atomic E-state index is 12.9. The monoisotopic (exact) mass is 351 g/mol. The third kappa shape index (κ3) is 2.96. The van der Waals surface area contributed by atoms with E-state index in [-0.39, 0.29) is 12.0 Å². The lowest BCUT2D eigenvalue weighted by Gasteiger charge is -2.41. The van der Waals surface area contributed by atoms with E-state index in [0.29, 0.717) is 12.8 Å². The molecular formula is C22H25NO3. The average Bonchev–Trinajstić information content (AvgIpc) is 3.08. The van der Waals surface area contributed by atoms with Crippen molar-refractivity contribution in [3.8, 4) is 5.75 Å². The van der Waals surface area contributed by atoms with E-state index in [1.54, 1.807) is 13.2 Å². The number of hydrogen-bond donors (Lipinski definition) is 0. The van der Waals surface area contributed by atoms with Crippen molar-refractivity contribution in [2.75, 3.05) is 19.1 Å². The number of rotatable bonds is 6. The second-order valence-electron chi connectivity index (χ2n) is 6.52. The van der Waals surface area contributed by atoms with Crippen LogP contribution in [0.3, 0.4) is 0 Å². The summed E-state index contributed by atoms with van der Waals surface area (Å²) in [5, 5.41) is 0. The zero-order chi connectivity index (χ0) is 18.6. The fraction of sp³-hybridized carbons (Fsp3) is 0.318. The van der Waals surface area contributed by atoms with Gasteiger partial charge in [0.2, 0.25) is 0 Å². The number of esters is 1. The smallest absolute Gasteiger partial charge is 0.332 e. The van der Waals surface area contributed by atoms with Gasteiger partial charge in [-0.05, 0) is 37.0 Å². The molecule has 0 spiro atoms. The minimum absolute atomic E-state index is 0.0616. The van der Waals surface area contributed by atoms with Crippen LogP contribution < -0.4 is 9.64 Å². The van der Waals surface area contributed by atoms with Crippen LogP contribution in [0.2, 0.25) is 0 Å². The molecule has 26 heavy (non-hydrogen) atoms. The Bertz CT molecular complexity index is 774. The van der Waals surface area contributed by atoms with Gasteiger partial charge >= 0.3 is 5.97 Å². The Kier molecular flexibility index (Phi) is 5.31. The van der Waals surface area contributed by atoms with Crippen molar-refractivity contribution in [1.29, 1.82) is 0 Å². The first-order valence-corrected chi connectivity index (χ1v) is 8.84. The predicted octanol–water partition coefficient (Wildman–Crippen LogP) is 4.52. The highest BCUT2D eigenvalue weighted by Gasteiger charge is 2.53. The Morgan fingerprint density at radius 1 is 1.19 bits per heavy atom. The summed E-state index contributed by atoms with van der Waals surface area (Å²) in [5.74, 6) is 0.509. The van der Waals surface area contributed by atoms with E-state index in [2.05, 4.69) is 23.6 Å². The van der Waals surface area contributed by atoms with Crippen LogP contribution in [0.15, 0.2) is 67.3 Å². The number of para-hydroxylation sites is 2. The lowest BCUT2D eigenvalue weighted by molar-refractivity contribution is -0.146. The van der Waals surface area contributed by atoms with E-state index in [1.165, 1.54) is 12.7 Å². The van der Waals surface area contributed by atoms with Gasteiger partial charge in [-0.25, -0.2) is 4.79 Å². The fourth-order valence-electron chi connectivity index (χ4n) is 4.05. The topological polar surface area (TPSA) is 38.8 Å². The SMILES string of the molecule is C=CC[C@@]1(C(=O)OC)CC[C@H](c2ccccc2)N1c1ccccc1OC. The van der Waals surface area contributed by atoms with Gasteiger partial charge in [0, 0.05) is 0 Å². The van der Waals surface area contributed by atoms with Crippen LogP contribution >= 0.6 is 0 Å². The molecule has 0 amide bonds. The van der Waals surface area contributed by atoms with Crippen molar-refractivity contribution < 1.29 is 14.3 Å². The number of carbonyl (C=O) groups is 1. The molecular weight excluding hydrogens is 326 g/mol. The molecule has 0 radical (unpaired) electrons. The number of anilines is 1. The minimum Gasteiger partial charge on any atom is -0.495 e. The first-order chi connectivity index (χ1) is 12.7. The van der Waals surface area contributed by atoms with Gasteiger partial charge in [-0.2, -0.15) is 0 Å². The first-order valence-electron chi connectivity index (χ1n) is 8.84. The Labute approximate surface area is 155 Å². The first kappa shape index (κ1) is 18.1. The Morgan fingerprint density at radius 2 is 1.88 bits per heavy atom. The van der Waals surface area contributed by atoms with E-state index in [0.717, 1.165) is 17.9 Å². The number of hydrogen-bond acceptors (Lipinski definition) is 4. The summed E-state index contributed by atoms with van der Waals surface area (Å²) in [6, 6.07) is 18.2. The van der Waals surface area contributed by atoms with E-state index >= 15 is 0 Å². The van der Waals surface area contributed by atoms with Crippen molar-refractivity contribution >= 4 is 11.7 Å². The van der Waals surface area contributed by atoms with Crippen LogP contribution in [0, 0.1) is 0 Å². The average molecular weight is 351 g/mol. The second kappa shape index (κ2) is 7.65. The van der Waals surface area contributed by atoms with Crippen LogP contribution in [0.4, 0.5) is 5.69 Å². The van der Waals surface area contributed by atoms with Crippen molar-refractivity contribution in [2.45, 2.75) is 30.8 Å². The van der Waals surface area contributed by atoms with Crippen LogP contribution in [-0.2, 0) is 9.53 Å². The molecule has 136 valence electrons. The largest absolute Gasteiger partial charge is 0.495 e. The molecule has 0 bridgehead atoms. The van der Waals surface area contributed by atoms with Crippen molar-refractivity contribution in [1.82, 2.24) is 0 Å². The molecule has 1 saturated heterocycles. The molecule has 1 heterocycles. The van der Waals surface area contributed by atoms with Crippen LogP contribution in [0.25, 0.3) is 0 Å². The molecule has 0 aromatic heterocycles. The summed E-state index contributed by atoms with van der Waals surface area (Å²) in [6.45, 7) is 3.89. The van der Waals surface area contributed by atoms with E-state index in [1.807, 2.05) is 42.5 Å². The summed E-state index contributed by atoms with van der Waals surface area (Å²) >= 11 is 0. The molecule has 4 heteroatoms. The minimum atomic E-state index is -0.786. The Balaban J connectivity index is 2.19. The molecule has 2 aromatic rings. The standard InChI is InChI=1S/C22H25NO3/c1-4-15-22(21(24)26-3)16-14-18(17-10-6-5-7-11-17)23(22)19-12-8-9-13-20(19)25-2/h4-13,18H,1,14-16H2,2-3H3/t18-,22+/m1/s1. The normalized spacial score (nSPS) is 22.1. The second-order valence-corrected chi connectivity index (χ2v) is 6.52. The van der Waals surface area contributed by atoms with Gasteiger partial charge in [-0.15, -0.1) is 6.58 Å². The number of nitrogens with zero attached hydrogens (tertiary/aromatic N) is 1. The quantitative estimate of drug-likeness (QED) is 0.566. The number of ether oxygens (including phenoxy) is 2. The molecule has 0 saturated carbocycles. The summed E-state index contributed by atoms with van der Waals surface area (Å²) in [7, 11) is 3.10. The molecule has 3 rings (SSSR count). The van der Waals surface area contributed by atoms with Gasteiger partial charge in [0.1, 0.15) is 11.3 Å². The highest BCUT2D eigenvalue weighted by Crippen LogP contribution is 2.50. The molecule has 1 aliphatic rings. The maximum atomic E-state index is 12.9. The highest BCUT2D eigenvalue weighted by atomic mass is 16.5. The number of methoxy groups -OCH3 is 2. The van der Waals surface area contributed by atoms with Crippen molar-refractivity contribution in [2.24, 2.45) is 0 Å². The zero-order valence-corrected chi connectivity index (χ0v) is 15.4. The summed E-state index contributed by atoms with van der Waals surface area (Å²) < 4.78 is 10.8. The van der Waals surface area contributed by atoms with Crippen LogP contribution in [-0.4, -0.2) is 25.7 Å². The number of carbonyl (C=O) groups excluding carboxylic acids is 1. The van der Waals surface area contributed by atoms with E-state index in [4.69, 9.17) is 9.47 Å². The maximum Gasteiger partial charge on any atom is 0.332 e.